The number of rotatable bonds is 4. The van der Waals surface area contributed by atoms with Crippen molar-refractivity contribution in [2.24, 2.45) is 7.05 Å². The molecule has 6 heteroatoms. The second-order valence-corrected chi connectivity index (χ2v) is 7.69. The Labute approximate surface area is 163 Å². The lowest BCUT2D eigenvalue weighted by Crippen LogP contribution is -2.15. The molecule has 1 amide bonds. The number of hydrogen-bond acceptors (Lipinski definition) is 2. The highest BCUT2D eigenvalue weighted by Gasteiger charge is 2.23. The monoisotopic (exact) mass is 383 g/mol. The van der Waals surface area contributed by atoms with Crippen molar-refractivity contribution in [2.75, 3.05) is 5.32 Å². The maximum Gasteiger partial charge on any atom is 0.280 e. The predicted octanol–water partition coefficient (Wildman–Crippen LogP) is 5.57. The highest BCUT2D eigenvalue weighted by Crippen LogP contribution is 2.31. The molecule has 4 nitrogen and oxygen atoms in total. The highest BCUT2D eigenvalue weighted by molar-refractivity contribution is 6.06. The number of para-hydroxylation sites is 1. The molecule has 28 heavy (non-hydrogen) atoms. The van der Waals surface area contributed by atoms with Crippen molar-refractivity contribution >= 4 is 11.6 Å². The van der Waals surface area contributed by atoms with Gasteiger partial charge in [0.25, 0.3) is 12.3 Å². The first kappa shape index (κ1) is 19.7. The molecule has 0 fully saturated rings. The van der Waals surface area contributed by atoms with Gasteiger partial charge in [-0.2, -0.15) is 5.10 Å². The largest absolute Gasteiger partial charge is 0.321 e. The Hall–Kier alpha value is -3.02. The molecule has 0 spiro atoms. The summed E-state index contributed by atoms with van der Waals surface area (Å²) in [4.78, 5) is 12.6. The quantitative estimate of drug-likeness (QED) is 0.640. The Morgan fingerprint density at radius 2 is 1.71 bits per heavy atom. The topological polar surface area (TPSA) is 46.9 Å². The summed E-state index contributed by atoms with van der Waals surface area (Å²) in [5.74, 6) is -0.609. The average molecular weight is 383 g/mol. The molecule has 0 saturated carbocycles. The summed E-state index contributed by atoms with van der Waals surface area (Å²) < 4.78 is 27.5. The Morgan fingerprint density at radius 3 is 2.32 bits per heavy atom. The summed E-state index contributed by atoms with van der Waals surface area (Å²) in [6, 6.07) is 15.4. The van der Waals surface area contributed by atoms with Crippen LogP contribution < -0.4 is 5.32 Å². The van der Waals surface area contributed by atoms with E-state index in [2.05, 4.69) is 43.3 Å². The van der Waals surface area contributed by atoms with E-state index in [0.717, 1.165) is 22.0 Å². The minimum absolute atomic E-state index is 0.0399. The van der Waals surface area contributed by atoms with Gasteiger partial charge in [0.2, 0.25) is 0 Å². The van der Waals surface area contributed by atoms with Gasteiger partial charge in [0.1, 0.15) is 5.69 Å². The van der Waals surface area contributed by atoms with E-state index < -0.39 is 18.0 Å². The molecular formula is C22H23F2N3O. The van der Waals surface area contributed by atoms with Crippen LogP contribution in [0, 0.1) is 0 Å². The summed E-state index contributed by atoms with van der Waals surface area (Å²) in [6.45, 7) is 6.43. The van der Waals surface area contributed by atoms with Gasteiger partial charge in [-0.1, -0.05) is 63.2 Å². The van der Waals surface area contributed by atoms with Gasteiger partial charge in [0.15, 0.2) is 0 Å². The van der Waals surface area contributed by atoms with Crippen molar-refractivity contribution in [1.82, 2.24) is 9.78 Å². The van der Waals surface area contributed by atoms with Crippen molar-refractivity contribution in [3.05, 3.63) is 71.5 Å². The number of carbonyl (C=O) groups is 1. The number of anilines is 1. The minimum Gasteiger partial charge on any atom is -0.321 e. The van der Waals surface area contributed by atoms with E-state index in [1.54, 1.807) is 12.1 Å². The first-order chi connectivity index (χ1) is 13.2. The zero-order valence-corrected chi connectivity index (χ0v) is 16.3. The third-order valence-corrected chi connectivity index (χ3v) is 4.67. The molecule has 0 saturated heterocycles. The van der Waals surface area contributed by atoms with Gasteiger partial charge >= 0.3 is 0 Å². The number of benzene rings is 2. The molecule has 0 atom stereocenters. The summed E-state index contributed by atoms with van der Waals surface area (Å²) in [5.41, 5.74) is 3.02. The van der Waals surface area contributed by atoms with E-state index in [1.807, 2.05) is 24.3 Å². The molecule has 0 aliphatic rings. The van der Waals surface area contributed by atoms with Crippen molar-refractivity contribution < 1.29 is 13.6 Å². The van der Waals surface area contributed by atoms with Crippen LogP contribution in [0.5, 0.6) is 0 Å². The van der Waals surface area contributed by atoms with Crippen LogP contribution in [0.25, 0.3) is 11.1 Å². The molecule has 0 aliphatic heterocycles. The summed E-state index contributed by atoms with van der Waals surface area (Å²) in [6.07, 6.45) is -1.62. The number of aromatic nitrogens is 2. The van der Waals surface area contributed by atoms with Gasteiger partial charge in [0, 0.05) is 18.3 Å². The van der Waals surface area contributed by atoms with Gasteiger partial charge in [-0.15, -0.1) is 0 Å². The summed E-state index contributed by atoms with van der Waals surface area (Å²) >= 11 is 0. The zero-order valence-electron chi connectivity index (χ0n) is 16.3. The molecule has 0 radical (unpaired) electrons. The number of nitrogens with one attached hydrogen (secondary N) is 1. The fraction of sp³-hybridized carbons (Fsp3) is 0.273. The van der Waals surface area contributed by atoms with E-state index in [9.17, 15) is 13.6 Å². The number of hydrogen-bond donors (Lipinski definition) is 1. The lowest BCUT2D eigenvalue weighted by atomic mass is 9.86. The van der Waals surface area contributed by atoms with Crippen LogP contribution >= 0.6 is 0 Å². The Balaban J connectivity index is 1.92. The van der Waals surface area contributed by atoms with E-state index >= 15 is 0 Å². The average Bonchev–Trinajstić information content (AvgIpc) is 3.03. The minimum atomic E-state index is -2.78. The Kier molecular flexibility index (Phi) is 5.31. The molecular weight excluding hydrogens is 360 g/mol. The molecule has 0 unspecified atom stereocenters. The van der Waals surface area contributed by atoms with E-state index in [4.69, 9.17) is 0 Å². The molecule has 1 heterocycles. The highest BCUT2D eigenvalue weighted by atomic mass is 19.3. The molecule has 2 aromatic carbocycles. The maximum atomic E-state index is 13.3. The van der Waals surface area contributed by atoms with Gasteiger partial charge in [-0.05, 0) is 22.6 Å². The van der Waals surface area contributed by atoms with Crippen LogP contribution in [-0.2, 0) is 12.5 Å². The van der Waals surface area contributed by atoms with E-state index in [1.165, 1.54) is 12.6 Å². The Bertz CT molecular complexity index is 986. The predicted molar refractivity (Wildman–Crippen MR) is 107 cm³/mol. The van der Waals surface area contributed by atoms with Crippen LogP contribution in [0.4, 0.5) is 14.5 Å². The van der Waals surface area contributed by atoms with E-state index in [0.29, 0.717) is 5.69 Å². The first-order valence-corrected chi connectivity index (χ1v) is 9.00. The number of carbonyl (C=O) groups excluding carboxylic acids is 1. The third kappa shape index (κ3) is 3.96. The zero-order chi connectivity index (χ0) is 20.5. The standard InChI is InChI=1S/C22H23F2N3O/c1-22(2,3)15-11-9-14(10-12-15)16-7-5-6-8-18(16)26-21(28)17-13-25-27(4)19(17)20(23)24/h5-13,20H,1-4H3,(H,26,28). The fourth-order valence-electron chi connectivity index (χ4n) is 3.06. The normalized spacial score (nSPS) is 11.7. The van der Waals surface area contributed by atoms with Crippen molar-refractivity contribution in [1.29, 1.82) is 0 Å². The number of alkyl halides is 2. The molecule has 1 N–H and O–H groups in total. The number of halogens is 2. The second-order valence-electron chi connectivity index (χ2n) is 7.69. The first-order valence-electron chi connectivity index (χ1n) is 9.00. The van der Waals surface area contributed by atoms with Crippen LogP contribution in [0.2, 0.25) is 0 Å². The molecule has 0 bridgehead atoms. The van der Waals surface area contributed by atoms with Crippen LogP contribution in [-0.4, -0.2) is 15.7 Å². The lowest BCUT2D eigenvalue weighted by molar-refractivity contribution is 0.100. The smallest absolute Gasteiger partial charge is 0.280 e. The van der Waals surface area contributed by atoms with Gasteiger partial charge < -0.3 is 5.32 Å². The van der Waals surface area contributed by atoms with Crippen molar-refractivity contribution in [2.45, 2.75) is 32.6 Å². The van der Waals surface area contributed by atoms with Crippen LogP contribution in [0.1, 0.15) is 48.8 Å². The van der Waals surface area contributed by atoms with Gasteiger partial charge in [-0.25, -0.2) is 8.78 Å². The third-order valence-electron chi connectivity index (χ3n) is 4.67. The number of aryl methyl sites for hydroxylation is 1. The maximum absolute atomic E-state index is 13.3. The summed E-state index contributed by atoms with van der Waals surface area (Å²) in [5, 5.41) is 6.54. The van der Waals surface area contributed by atoms with Crippen molar-refractivity contribution in [3.8, 4) is 11.1 Å². The van der Waals surface area contributed by atoms with E-state index in [-0.39, 0.29) is 11.0 Å². The van der Waals surface area contributed by atoms with Crippen LogP contribution in [0.15, 0.2) is 54.7 Å². The molecule has 3 aromatic rings. The lowest BCUT2D eigenvalue weighted by Gasteiger charge is -2.19. The Morgan fingerprint density at radius 1 is 1.07 bits per heavy atom. The molecule has 3 rings (SSSR count). The van der Waals surface area contributed by atoms with Crippen LogP contribution in [0.3, 0.4) is 0 Å². The number of amides is 1. The van der Waals surface area contributed by atoms with Crippen molar-refractivity contribution in [3.63, 3.8) is 0 Å². The fourth-order valence-corrected chi connectivity index (χ4v) is 3.06. The molecule has 146 valence electrons. The summed E-state index contributed by atoms with van der Waals surface area (Å²) in [7, 11) is 1.39. The second kappa shape index (κ2) is 7.54. The molecule has 1 aromatic heterocycles. The number of nitrogens with zero attached hydrogens (tertiary/aromatic N) is 2. The SMILES string of the molecule is Cn1ncc(C(=O)Nc2ccccc2-c2ccc(C(C)(C)C)cc2)c1C(F)F. The molecule has 0 aliphatic carbocycles. The van der Waals surface area contributed by atoms with Gasteiger partial charge in [-0.3, -0.25) is 9.48 Å². The van der Waals surface area contributed by atoms with Gasteiger partial charge in [0.05, 0.1) is 11.8 Å².